The van der Waals surface area contributed by atoms with Gasteiger partial charge in [-0.15, -0.1) is 0 Å². The van der Waals surface area contributed by atoms with E-state index in [0.29, 0.717) is 28.9 Å². The average molecular weight is 397 g/mol. The second kappa shape index (κ2) is 7.72. The van der Waals surface area contributed by atoms with E-state index in [1.807, 2.05) is 17.9 Å². The van der Waals surface area contributed by atoms with Crippen molar-refractivity contribution in [2.24, 2.45) is 0 Å². The van der Waals surface area contributed by atoms with Crippen LogP contribution in [0.15, 0.2) is 24.4 Å². The monoisotopic (exact) mass is 396 g/mol. The van der Waals surface area contributed by atoms with Gasteiger partial charge in [0.2, 0.25) is 0 Å². The van der Waals surface area contributed by atoms with Crippen LogP contribution in [0.2, 0.25) is 5.02 Å². The largest absolute Gasteiger partial charge is 0.353 e. The zero-order valence-electron chi connectivity index (χ0n) is 14.5. The number of aryl methyl sites for hydroxylation is 1. The molecule has 0 radical (unpaired) electrons. The summed E-state index contributed by atoms with van der Waals surface area (Å²) in [7, 11) is 0. The lowest BCUT2D eigenvalue weighted by Gasteiger charge is -2.37. The Morgan fingerprint density at radius 1 is 1.12 bits per heavy atom. The van der Waals surface area contributed by atoms with Gasteiger partial charge in [0.05, 0.1) is 5.02 Å². The summed E-state index contributed by atoms with van der Waals surface area (Å²) in [6.45, 7) is 6.24. The van der Waals surface area contributed by atoms with Crippen LogP contribution in [-0.4, -0.2) is 41.2 Å². The van der Waals surface area contributed by atoms with E-state index in [0.717, 1.165) is 24.5 Å². The van der Waals surface area contributed by atoms with Gasteiger partial charge in [0.25, 0.3) is 0 Å². The number of hydrogen-bond donors (Lipinski definition) is 1. The molecule has 0 atom stereocenters. The second-order valence-corrected chi connectivity index (χ2v) is 7.09. The number of nitrogens with zero attached hydrogens (tertiary/aromatic N) is 3. The number of rotatable bonds is 2. The lowest BCUT2D eigenvalue weighted by atomic mass is 10.2. The molecule has 8 heteroatoms. The van der Waals surface area contributed by atoms with Crippen LogP contribution in [0.25, 0.3) is 0 Å². The molecule has 138 valence electrons. The van der Waals surface area contributed by atoms with Crippen molar-refractivity contribution in [2.75, 3.05) is 36.4 Å². The van der Waals surface area contributed by atoms with Crippen LogP contribution in [0, 0.1) is 25.5 Å². The van der Waals surface area contributed by atoms with Gasteiger partial charge in [-0.25, -0.2) is 13.8 Å². The summed E-state index contributed by atoms with van der Waals surface area (Å²) in [6, 6.07) is 4.40. The molecule has 1 aromatic carbocycles. The number of nitrogens with one attached hydrogen (secondary N) is 1. The van der Waals surface area contributed by atoms with Gasteiger partial charge in [-0.3, -0.25) is 0 Å². The van der Waals surface area contributed by atoms with E-state index in [-0.39, 0.29) is 5.56 Å². The predicted molar refractivity (Wildman–Crippen MR) is 105 cm³/mol. The number of piperazine rings is 1. The van der Waals surface area contributed by atoms with E-state index < -0.39 is 11.6 Å². The number of benzene rings is 1. The molecule has 4 nitrogen and oxygen atoms in total. The number of anilines is 2. The fourth-order valence-corrected chi connectivity index (χ4v) is 3.42. The lowest BCUT2D eigenvalue weighted by molar-refractivity contribution is 0.389. The molecule has 0 bridgehead atoms. The minimum atomic E-state index is -0.593. The first-order valence-electron chi connectivity index (χ1n) is 8.24. The third-order valence-corrected chi connectivity index (χ3v) is 4.98. The van der Waals surface area contributed by atoms with Gasteiger partial charge >= 0.3 is 0 Å². The van der Waals surface area contributed by atoms with Gasteiger partial charge in [0.1, 0.15) is 17.5 Å². The van der Waals surface area contributed by atoms with E-state index >= 15 is 0 Å². The van der Waals surface area contributed by atoms with Crippen LogP contribution < -0.4 is 10.2 Å². The molecule has 1 N–H and O–H groups in total. The van der Waals surface area contributed by atoms with E-state index in [9.17, 15) is 8.78 Å². The molecule has 0 aliphatic carbocycles. The molecule has 0 amide bonds. The molecule has 1 aromatic heterocycles. The fraction of sp³-hybridized carbons (Fsp3) is 0.333. The summed E-state index contributed by atoms with van der Waals surface area (Å²) < 4.78 is 27.4. The Balaban J connectivity index is 1.62. The Kier molecular flexibility index (Phi) is 5.58. The minimum absolute atomic E-state index is 0.000849. The Hall–Kier alpha value is -1.99. The highest BCUT2D eigenvalue weighted by Crippen LogP contribution is 2.22. The third kappa shape index (κ3) is 4.04. The topological polar surface area (TPSA) is 31.4 Å². The first-order chi connectivity index (χ1) is 12.3. The van der Waals surface area contributed by atoms with E-state index in [2.05, 4.69) is 15.2 Å². The average Bonchev–Trinajstić information content (AvgIpc) is 2.60. The van der Waals surface area contributed by atoms with E-state index in [1.165, 1.54) is 19.1 Å². The molecule has 2 aromatic rings. The standard InChI is InChI=1S/C18H19ClF2N4S/c1-11-7-13(19)10-22-17(11)24-3-5-25(6-4-24)18(26)23-14-8-15(20)12(2)16(21)9-14/h7-10H,3-6H2,1-2H3,(H,23,26). The van der Waals surface area contributed by atoms with E-state index in [4.69, 9.17) is 23.8 Å². The van der Waals surface area contributed by atoms with Crippen molar-refractivity contribution in [3.63, 3.8) is 0 Å². The first kappa shape index (κ1) is 18.8. The first-order valence-corrected chi connectivity index (χ1v) is 9.02. The third-order valence-electron chi connectivity index (χ3n) is 4.42. The lowest BCUT2D eigenvalue weighted by Crippen LogP contribution is -2.50. The zero-order valence-corrected chi connectivity index (χ0v) is 16.1. The van der Waals surface area contributed by atoms with Crippen molar-refractivity contribution >= 4 is 40.4 Å². The van der Waals surface area contributed by atoms with E-state index in [1.54, 1.807) is 6.20 Å². The number of aromatic nitrogens is 1. The van der Waals surface area contributed by atoms with Crippen LogP contribution in [0.3, 0.4) is 0 Å². The SMILES string of the molecule is Cc1cc(Cl)cnc1N1CCN(C(=S)Nc2cc(F)c(C)c(F)c2)CC1. The summed E-state index contributed by atoms with van der Waals surface area (Å²) in [4.78, 5) is 8.57. The highest BCUT2D eigenvalue weighted by atomic mass is 35.5. The van der Waals surface area contributed by atoms with Gasteiger partial charge in [0.15, 0.2) is 5.11 Å². The molecule has 0 unspecified atom stereocenters. The molecule has 1 fully saturated rings. The fourth-order valence-electron chi connectivity index (χ4n) is 2.91. The van der Waals surface area contributed by atoms with Crippen LogP contribution in [-0.2, 0) is 0 Å². The van der Waals surface area contributed by atoms with Gasteiger partial charge < -0.3 is 15.1 Å². The molecule has 2 heterocycles. The summed E-state index contributed by atoms with van der Waals surface area (Å²) in [6.07, 6.45) is 1.64. The van der Waals surface area contributed by atoms with Crippen LogP contribution >= 0.6 is 23.8 Å². The van der Waals surface area contributed by atoms with Gasteiger partial charge in [-0.1, -0.05) is 11.6 Å². The molecule has 0 saturated carbocycles. The maximum absolute atomic E-state index is 13.7. The molecular weight excluding hydrogens is 378 g/mol. The molecular formula is C18H19ClF2N4S. The second-order valence-electron chi connectivity index (χ2n) is 6.26. The van der Waals surface area contributed by atoms with Crippen molar-refractivity contribution in [1.82, 2.24) is 9.88 Å². The van der Waals surface area contributed by atoms with Crippen molar-refractivity contribution in [3.05, 3.63) is 52.2 Å². The summed E-state index contributed by atoms with van der Waals surface area (Å²) in [5.41, 5.74) is 1.34. The number of thiocarbonyl (C=S) groups is 1. The van der Waals surface area contributed by atoms with Crippen LogP contribution in [0.1, 0.15) is 11.1 Å². The number of pyridine rings is 1. The van der Waals surface area contributed by atoms with Crippen molar-refractivity contribution in [1.29, 1.82) is 0 Å². The number of halogens is 3. The molecule has 1 aliphatic heterocycles. The van der Waals surface area contributed by atoms with Crippen molar-refractivity contribution in [2.45, 2.75) is 13.8 Å². The normalized spacial score (nSPS) is 14.5. The molecule has 1 aliphatic rings. The molecule has 3 rings (SSSR count). The van der Waals surface area contributed by atoms with Gasteiger partial charge in [-0.05, 0) is 49.8 Å². The summed E-state index contributed by atoms with van der Waals surface area (Å²) in [5, 5.41) is 3.99. The maximum Gasteiger partial charge on any atom is 0.173 e. The van der Waals surface area contributed by atoms with Crippen LogP contribution in [0.5, 0.6) is 0 Å². The Bertz CT molecular complexity index is 815. The maximum atomic E-state index is 13.7. The predicted octanol–water partition coefficient (Wildman–Crippen LogP) is 4.15. The Morgan fingerprint density at radius 2 is 1.73 bits per heavy atom. The van der Waals surface area contributed by atoms with Crippen LogP contribution in [0.4, 0.5) is 20.3 Å². The van der Waals surface area contributed by atoms with Crippen molar-refractivity contribution < 1.29 is 8.78 Å². The smallest absolute Gasteiger partial charge is 0.173 e. The summed E-state index contributed by atoms with van der Waals surface area (Å²) >= 11 is 11.4. The molecule has 26 heavy (non-hydrogen) atoms. The molecule has 0 spiro atoms. The summed E-state index contributed by atoms with van der Waals surface area (Å²) in [5.74, 6) is -0.274. The van der Waals surface area contributed by atoms with Gasteiger partial charge in [0, 0.05) is 43.6 Å². The van der Waals surface area contributed by atoms with Gasteiger partial charge in [-0.2, -0.15) is 0 Å². The minimum Gasteiger partial charge on any atom is -0.353 e. The molecule has 1 saturated heterocycles. The highest BCUT2D eigenvalue weighted by molar-refractivity contribution is 7.80. The van der Waals surface area contributed by atoms with Crippen molar-refractivity contribution in [3.8, 4) is 0 Å². The quantitative estimate of drug-likeness (QED) is 0.771. The zero-order chi connectivity index (χ0) is 18.8. The Morgan fingerprint density at radius 3 is 2.31 bits per heavy atom. The number of hydrogen-bond acceptors (Lipinski definition) is 3. The highest BCUT2D eigenvalue weighted by Gasteiger charge is 2.21. The Labute approximate surface area is 161 Å².